The molecule has 1 saturated heterocycles. The lowest BCUT2D eigenvalue weighted by atomic mass is 9.78. The molecule has 2 aliphatic heterocycles. The van der Waals surface area contributed by atoms with Gasteiger partial charge in [0.2, 0.25) is 5.91 Å². The van der Waals surface area contributed by atoms with Crippen molar-refractivity contribution >= 4 is 5.91 Å². The lowest BCUT2D eigenvalue weighted by molar-refractivity contribution is -0.141. The summed E-state index contributed by atoms with van der Waals surface area (Å²) < 4.78 is 16.0. The van der Waals surface area contributed by atoms with Crippen LogP contribution in [0.5, 0.6) is 11.5 Å². The predicted octanol–water partition coefficient (Wildman–Crippen LogP) is 0.211. The Balaban J connectivity index is 2.01. The number of hydrogen-bond acceptors (Lipinski definition) is 4. The van der Waals surface area contributed by atoms with Gasteiger partial charge in [-0.3, -0.25) is 4.79 Å². The van der Waals surface area contributed by atoms with E-state index in [2.05, 4.69) is 0 Å². The largest absolute Gasteiger partial charge is 0.486 e. The van der Waals surface area contributed by atoms with Gasteiger partial charge in [0.15, 0.2) is 11.5 Å². The number of ether oxygens (including phenoxy) is 3. The van der Waals surface area contributed by atoms with Crippen LogP contribution in [-0.2, 0) is 14.9 Å². The summed E-state index contributed by atoms with van der Waals surface area (Å²) in [5, 5.41) is 0. The third-order valence-corrected chi connectivity index (χ3v) is 3.26. The molecule has 2 heterocycles. The fourth-order valence-corrected chi connectivity index (χ4v) is 2.10. The van der Waals surface area contributed by atoms with Crippen LogP contribution >= 0.6 is 0 Å². The maximum absolute atomic E-state index is 11.5. The van der Waals surface area contributed by atoms with E-state index in [9.17, 15) is 4.79 Å². The van der Waals surface area contributed by atoms with Gasteiger partial charge in [-0.2, -0.15) is 0 Å². The molecule has 0 unspecified atom stereocenters. The van der Waals surface area contributed by atoms with E-state index in [4.69, 9.17) is 19.9 Å². The highest BCUT2D eigenvalue weighted by Crippen LogP contribution is 2.38. The van der Waals surface area contributed by atoms with Crippen molar-refractivity contribution < 1.29 is 19.0 Å². The fourth-order valence-electron chi connectivity index (χ4n) is 2.10. The van der Waals surface area contributed by atoms with Crippen LogP contribution in [-0.4, -0.2) is 32.3 Å². The highest BCUT2D eigenvalue weighted by Gasteiger charge is 2.46. The number of primary amides is 1. The molecule has 1 amide bonds. The Labute approximate surface area is 98.5 Å². The molecule has 5 nitrogen and oxygen atoms in total. The maximum atomic E-state index is 11.5. The van der Waals surface area contributed by atoms with E-state index in [1.54, 1.807) is 0 Å². The average molecular weight is 235 g/mol. The van der Waals surface area contributed by atoms with Crippen LogP contribution in [0.25, 0.3) is 0 Å². The molecule has 0 aliphatic carbocycles. The molecule has 0 radical (unpaired) electrons. The van der Waals surface area contributed by atoms with Gasteiger partial charge in [0, 0.05) is 0 Å². The molecule has 2 aliphatic rings. The second kappa shape index (κ2) is 3.63. The zero-order valence-corrected chi connectivity index (χ0v) is 9.27. The van der Waals surface area contributed by atoms with Gasteiger partial charge in [0.1, 0.15) is 18.6 Å². The molecule has 1 aromatic rings. The smallest absolute Gasteiger partial charge is 0.232 e. The first kappa shape index (κ1) is 10.4. The Kier molecular flexibility index (Phi) is 2.22. The molecule has 90 valence electrons. The molecule has 1 fully saturated rings. The third-order valence-electron chi connectivity index (χ3n) is 3.26. The molecular weight excluding hydrogens is 222 g/mol. The summed E-state index contributed by atoms with van der Waals surface area (Å²) in [4.78, 5) is 11.5. The van der Waals surface area contributed by atoms with E-state index < -0.39 is 5.41 Å². The van der Waals surface area contributed by atoms with E-state index in [1.165, 1.54) is 0 Å². The minimum atomic E-state index is -0.699. The molecule has 0 saturated carbocycles. The molecule has 0 bridgehead atoms. The van der Waals surface area contributed by atoms with Gasteiger partial charge in [-0.15, -0.1) is 0 Å². The third kappa shape index (κ3) is 1.46. The van der Waals surface area contributed by atoms with Crippen LogP contribution in [0.2, 0.25) is 0 Å². The van der Waals surface area contributed by atoms with Gasteiger partial charge in [0.25, 0.3) is 0 Å². The van der Waals surface area contributed by atoms with Crippen LogP contribution < -0.4 is 15.2 Å². The lowest BCUT2D eigenvalue weighted by Gasteiger charge is -2.39. The highest BCUT2D eigenvalue weighted by molar-refractivity contribution is 5.88. The molecule has 0 aromatic heterocycles. The number of rotatable bonds is 2. The van der Waals surface area contributed by atoms with E-state index in [0.29, 0.717) is 37.9 Å². The van der Waals surface area contributed by atoms with Crippen molar-refractivity contribution in [3.63, 3.8) is 0 Å². The number of fused-ring (bicyclic) bond motifs is 1. The summed E-state index contributed by atoms with van der Waals surface area (Å²) in [7, 11) is 0. The van der Waals surface area contributed by atoms with E-state index in [1.807, 2.05) is 18.2 Å². The van der Waals surface area contributed by atoms with Crippen LogP contribution in [0, 0.1) is 0 Å². The van der Waals surface area contributed by atoms with Crippen molar-refractivity contribution in [2.24, 2.45) is 5.73 Å². The first-order valence-electron chi connectivity index (χ1n) is 5.50. The number of carbonyl (C=O) groups is 1. The summed E-state index contributed by atoms with van der Waals surface area (Å²) in [6, 6.07) is 5.48. The second-order valence-electron chi connectivity index (χ2n) is 4.30. The zero-order chi connectivity index (χ0) is 11.9. The maximum Gasteiger partial charge on any atom is 0.232 e. The van der Waals surface area contributed by atoms with Crippen molar-refractivity contribution in [3.05, 3.63) is 23.8 Å². The molecule has 0 spiro atoms. The monoisotopic (exact) mass is 235 g/mol. The first-order valence-corrected chi connectivity index (χ1v) is 5.50. The van der Waals surface area contributed by atoms with Crippen molar-refractivity contribution in [1.82, 2.24) is 0 Å². The van der Waals surface area contributed by atoms with E-state index in [-0.39, 0.29) is 5.91 Å². The van der Waals surface area contributed by atoms with Gasteiger partial charge in [-0.05, 0) is 17.7 Å². The molecule has 2 N–H and O–H groups in total. The Morgan fingerprint density at radius 1 is 1.18 bits per heavy atom. The molecule has 17 heavy (non-hydrogen) atoms. The van der Waals surface area contributed by atoms with Crippen molar-refractivity contribution in [2.45, 2.75) is 5.41 Å². The van der Waals surface area contributed by atoms with E-state index in [0.717, 1.165) is 5.56 Å². The van der Waals surface area contributed by atoms with Gasteiger partial charge in [0.05, 0.1) is 13.2 Å². The Bertz CT molecular complexity index is 468. The number of carbonyl (C=O) groups excluding carboxylic acids is 1. The summed E-state index contributed by atoms with van der Waals surface area (Å²) in [6.45, 7) is 1.75. The van der Waals surface area contributed by atoms with Gasteiger partial charge in [-0.1, -0.05) is 6.07 Å². The van der Waals surface area contributed by atoms with Crippen molar-refractivity contribution in [1.29, 1.82) is 0 Å². The van der Waals surface area contributed by atoms with Gasteiger partial charge in [-0.25, -0.2) is 0 Å². The molecule has 3 rings (SSSR count). The SMILES string of the molecule is NC(=O)C1(c2ccc3c(c2)OCCO3)COC1. The summed E-state index contributed by atoms with van der Waals surface area (Å²) in [6.07, 6.45) is 0. The van der Waals surface area contributed by atoms with Crippen LogP contribution in [0.1, 0.15) is 5.56 Å². The topological polar surface area (TPSA) is 70.8 Å². The predicted molar refractivity (Wildman–Crippen MR) is 59.1 cm³/mol. The molecular formula is C12H13NO4. The molecule has 1 aromatic carbocycles. The number of nitrogens with two attached hydrogens (primary N) is 1. The normalized spacial score (nSPS) is 20.5. The zero-order valence-electron chi connectivity index (χ0n) is 9.27. The average Bonchev–Trinajstić information content (AvgIpc) is 2.27. The fraction of sp³-hybridized carbons (Fsp3) is 0.417. The van der Waals surface area contributed by atoms with Crippen molar-refractivity contribution in [2.75, 3.05) is 26.4 Å². The Hall–Kier alpha value is -1.75. The highest BCUT2D eigenvalue weighted by atomic mass is 16.6. The van der Waals surface area contributed by atoms with Crippen LogP contribution in [0.15, 0.2) is 18.2 Å². The van der Waals surface area contributed by atoms with Gasteiger partial charge < -0.3 is 19.9 Å². The van der Waals surface area contributed by atoms with E-state index >= 15 is 0 Å². The van der Waals surface area contributed by atoms with Crippen molar-refractivity contribution in [3.8, 4) is 11.5 Å². The Morgan fingerprint density at radius 3 is 2.47 bits per heavy atom. The molecule has 0 atom stereocenters. The number of amides is 1. The van der Waals surface area contributed by atoms with Crippen LogP contribution in [0.3, 0.4) is 0 Å². The summed E-state index contributed by atoms with van der Waals surface area (Å²) in [5.74, 6) is 1.02. The number of hydrogen-bond donors (Lipinski definition) is 1. The minimum absolute atomic E-state index is 0.335. The number of benzene rings is 1. The molecule has 5 heteroatoms. The minimum Gasteiger partial charge on any atom is -0.486 e. The Morgan fingerprint density at radius 2 is 1.88 bits per heavy atom. The second-order valence-corrected chi connectivity index (χ2v) is 4.30. The first-order chi connectivity index (χ1) is 8.22. The standard InChI is InChI=1S/C12H13NO4/c13-11(14)12(6-15-7-12)8-1-2-9-10(5-8)17-4-3-16-9/h1-2,5H,3-4,6-7H2,(H2,13,14). The summed E-state index contributed by atoms with van der Waals surface area (Å²) in [5.41, 5.74) is 5.59. The quantitative estimate of drug-likeness (QED) is 0.795. The van der Waals surface area contributed by atoms with Crippen LogP contribution in [0.4, 0.5) is 0 Å². The lowest BCUT2D eigenvalue weighted by Crippen LogP contribution is -2.56. The summed E-state index contributed by atoms with van der Waals surface area (Å²) >= 11 is 0. The van der Waals surface area contributed by atoms with Gasteiger partial charge >= 0.3 is 0 Å².